The number of benzene rings is 3. The summed E-state index contributed by atoms with van der Waals surface area (Å²) in [4.78, 5) is 46.4. The minimum Gasteiger partial charge on any atom is -0.494 e. The number of hydrogen-bond donors (Lipinski definition) is 2. The molecule has 0 radical (unpaired) electrons. The number of para-hydroxylation sites is 1. The molecule has 3 heterocycles. The number of anilines is 2. The van der Waals surface area contributed by atoms with E-state index in [4.69, 9.17) is 4.74 Å². The maximum Gasteiger partial charge on any atom is 0.332 e. The van der Waals surface area contributed by atoms with Crippen LogP contribution in [0.2, 0.25) is 0 Å². The fourth-order valence-electron chi connectivity index (χ4n) is 5.55. The first-order chi connectivity index (χ1) is 18.9. The normalized spacial score (nSPS) is 18.3. The lowest BCUT2D eigenvalue weighted by molar-refractivity contribution is -0.125. The largest absolute Gasteiger partial charge is 0.494 e. The van der Waals surface area contributed by atoms with E-state index in [1.54, 1.807) is 41.3 Å². The van der Waals surface area contributed by atoms with Crippen molar-refractivity contribution in [3.05, 3.63) is 89.6 Å². The van der Waals surface area contributed by atoms with Gasteiger partial charge in [0.05, 0.1) is 18.0 Å². The molecule has 1 saturated heterocycles. The molecule has 1 aromatic heterocycles. The summed E-state index contributed by atoms with van der Waals surface area (Å²) in [6.07, 6.45) is 2.73. The van der Waals surface area contributed by atoms with Gasteiger partial charge in [0.1, 0.15) is 5.75 Å². The van der Waals surface area contributed by atoms with Gasteiger partial charge in [0.2, 0.25) is 0 Å². The SMILES string of the molecule is CCCCOc1ccc(NC(=O)c2ccc(N3C(=O)N4CCc5c([nH]c6ccccc56)[C@@]4(C)C3=O)cc2)cc1. The van der Waals surface area contributed by atoms with E-state index in [-0.39, 0.29) is 17.8 Å². The van der Waals surface area contributed by atoms with E-state index in [0.717, 1.165) is 40.8 Å². The van der Waals surface area contributed by atoms with Crippen LogP contribution in [0.5, 0.6) is 5.75 Å². The van der Waals surface area contributed by atoms with E-state index in [2.05, 4.69) is 17.2 Å². The number of aromatic amines is 1. The Morgan fingerprint density at radius 1 is 1.03 bits per heavy atom. The Morgan fingerprint density at radius 3 is 2.51 bits per heavy atom. The number of rotatable bonds is 7. The van der Waals surface area contributed by atoms with Crippen molar-refractivity contribution in [1.82, 2.24) is 9.88 Å². The first-order valence-electron chi connectivity index (χ1n) is 13.3. The van der Waals surface area contributed by atoms with Crippen molar-refractivity contribution in [2.24, 2.45) is 0 Å². The zero-order valence-corrected chi connectivity index (χ0v) is 22.0. The number of nitrogens with one attached hydrogen (secondary N) is 2. The molecule has 2 aliphatic rings. The Morgan fingerprint density at radius 2 is 1.77 bits per heavy atom. The zero-order valence-electron chi connectivity index (χ0n) is 22.0. The van der Waals surface area contributed by atoms with Crippen molar-refractivity contribution in [2.45, 2.75) is 38.6 Å². The highest BCUT2D eigenvalue weighted by molar-refractivity contribution is 6.23. The third-order valence-corrected chi connectivity index (χ3v) is 7.73. The molecule has 2 aliphatic heterocycles. The molecule has 4 aromatic rings. The van der Waals surface area contributed by atoms with Crippen molar-refractivity contribution in [2.75, 3.05) is 23.4 Å². The predicted molar refractivity (Wildman–Crippen MR) is 150 cm³/mol. The highest BCUT2D eigenvalue weighted by Crippen LogP contribution is 2.45. The Hall–Kier alpha value is -4.59. The van der Waals surface area contributed by atoms with Crippen LogP contribution in [0.15, 0.2) is 72.8 Å². The molecule has 1 atom stereocenters. The van der Waals surface area contributed by atoms with Gasteiger partial charge in [-0.1, -0.05) is 31.5 Å². The first-order valence-corrected chi connectivity index (χ1v) is 13.3. The van der Waals surface area contributed by atoms with Gasteiger partial charge in [-0.2, -0.15) is 0 Å². The molecule has 6 rings (SSSR count). The molecule has 3 aromatic carbocycles. The second-order valence-electron chi connectivity index (χ2n) is 10.1. The Labute approximate surface area is 226 Å². The molecule has 198 valence electrons. The fourth-order valence-corrected chi connectivity index (χ4v) is 5.55. The Bertz CT molecular complexity index is 1570. The molecule has 8 nitrogen and oxygen atoms in total. The number of carbonyl (C=O) groups excluding carboxylic acids is 3. The summed E-state index contributed by atoms with van der Waals surface area (Å²) >= 11 is 0. The molecule has 0 aliphatic carbocycles. The van der Waals surface area contributed by atoms with Crippen LogP contribution >= 0.6 is 0 Å². The number of unbranched alkanes of at least 4 members (excludes halogenated alkanes) is 1. The van der Waals surface area contributed by atoms with Crippen LogP contribution in [-0.4, -0.2) is 40.9 Å². The van der Waals surface area contributed by atoms with Crippen molar-refractivity contribution in [3.63, 3.8) is 0 Å². The van der Waals surface area contributed by atoms with Crippen LogP contribution in [0.4, 0.5) is 16.2 Å². The van der Waals surface area contributed by atoms with Gasteiger partial charge in [-0.3, -0.25) is 9.59 Å². The second-order valence-corrected chi connectivity index (χ2v) is 10.1. The number of fused-ring (bicyclic) bond motifs is 5. The van der Waals surface area contributed by atoms with E-state index in [0.29, 0.717) is 36.5 Å². The number of carbonyl (C=O) groups is 3. The topological polar surface area (TPSA) is 94.7 Å². The highest BCUT2D eigenvalue weighted by atomic mass is 16.5. The first kappa shape index (κ1) is 24.7. The average Bonchev–Trinajstić information content (AvgIpc) is 3.43. The van der Waals surface area contributed by atoms with Crippen LogP contribution in [0.3, 0.4) is 0 Å². The third-order valence-electron chi connectivity index (χ3n) is 7.73. The van der Waals surface area contributed by atoms with E-state index in [1.807, 2.05) is 43.3 Å². The van der Waals surface area contributed by atoms with Crippen LogP contribution < -0.4 is 15.0 Å². The molecule has 2 N–H and O–H groups in total. The summed E-state index contributed by atoms with van der Waals surface area (Å²) in [5.74, 6) is 0.168. The lowest BCUT2D eigenvalue weighted by Crippen LogP contribution is -2.49. The molecular formula is C31H30N4O4. The summed E-state index contributed by atoms with van der Waals surface area (Å²) in [5, 5.41) is 3.96. The number of H-pyrrole nitrogens is 1. The molecule has 1 fully saturated rings. The van der Waals surface area contributed by atoms with Gasteiger partial charge < -0.3 is 19.9 Å². The van der Waals surface area contributed by atoms with Crippen molar-refractivity contribution < 1.29 is 19.1 Å². The zero-order chi connectivity index (χ0) is 27.1. The maximum absolute atomic E-state index is 13.8. The lowest BCUT2D eigenvalue weighted by atomic mass is 9.87. The van der Waals surface area contributed by atoms with Crippen molar-refractivity contribution >= 4 is 40.1 Å². The maximum atomic E-state index is 13.8. The number of amides is 4. The molecule has 0 unspecified atom stereocenters. The number of nitrogens with zero attached hydrogens (tertiary/aromatic N) is 2. The fraction of sp³-hybridized carbons (Fsp3) is 0.258. The molecule has 0 spiro atoms. The molecular weight excluding hydrogens is 492 g/mol. The summed E-state index contributed by atoms with van der Waals surface area (Å²) < 4.78 is 5.67. The van der Waals surface area contributed by atoms with Crippen LogP contribution in [0.25, 0.3) is 10.9 Å². The van der Waals surface area contributed by atoms with Gasteiger partial charge in [0, 0.05) is 28.7 Å². The van der Waals surface area contributed by atoms with Gasteiger partial charge >= 0.3 is 6.03 Å². The summed E-state index contributed by atoms with van der Waals surface area (Å²) in [7, 11) is 0. The quantitative estimate of drug-likeness (QED) is 0.236. The lowest BCUT2D eigenvalue weighted by Gasteiger charge is -2.35. The monoisotopic (exact) mass is 522 g/mol. The molecule has 0 saturated carbocycles. The second kappa shape index (κ2) is 9.62. The summed E-state index contributed by atoms with van der Waals surface area (Å²) in [6.45, 7) is 5.04. The summed E-state index contributed by atoms with van der Waals surface area (Å²) in [6, 6.07) is 21.4. The molecule has 4 amide bonds. The number of imide groups is 1. The van der Waals surface area contributed by atoms with Gasteiger partial charge in [0.25, 0.3) is 11.8 Å². The van der Waals surface area contributed by atoms with Gasteiger partial charge in [-0.25, -0.2) is 9.69 Å². The highest BCUT2D eigenvalue weighted by Gasteiger charge is 2.59. The van der Waals surface area contributed by atoms with E-state index >= 15 is 0 Å². The standard InChI is InChI=1S/C31H30N4O4/c1-3-4-19-39-23-15-11-21(12-16-23)32-28(36)20-9-13-22(14-10-20)35-29(37)31(2)27-25(17-18-34(31)30(35)38)24-7-5-6-8-26(24)33-27/h5-16,33H,3-4,17-19H2,1-2H3,(H,32,36)/t31-/m0/s1. The molecule has 39 heavy (non-hydrogen) atoms. The summed E-state index contributed by atoms with van der Waals surface area (Å²) in [5.41, 5.74) is 3.19. The minimum atomic E-state index is -1.12. The van der Waals surface area contributed by atoms with Gasteiger partial charge in [-0.15, -0.1) is 0 Å². The number of ether oxygens (including phenoxy) is 1. The third kappa shape index (κ3) is 4.03. The van der Waals surface area contributed by atoms with Crippen molar-refractivity contribution in [3.8, 4) is 5.75 Å². The predicted octanol–water partition coefficient (Wildman–Crippen LogP) is 5.84. The number of aromatic nitrogens is 1. The average molecular weight is 523 g/mol. The van der Waals surface area contributed by atoms with E-state index in [9.17, 15) is 14.4 Å². The van der Waals surface area contributed by atoms with Crippen LogP contribution in [0.1, 0.15) is 48.3 Å². The van der Waals surface area contributed by atoms with Gasteiger partial charge in [-0.05, 0) is 79.9 Å². The van der Waals surface area contributed by atoms with Crippen molar-refractivity contribution in [1.29, 1.82) is 0 Å². The smallest absolute Gasteiger partial charge is 0.332 e. The Balaban J connectivity index is 1.20. The number of hydrogen-bond acceptors (Lipinski definition) is 4. The number of urea groups is 1. The minimum absolute atomic E-state index is 0.285. The molecule has 8 heteroatoms. The Kier molecular flexibility index (Phi) is 6.10. The van der Waals surface area contributed by atoms with Crippen LogP contribution in [0, 0.1) is 0 Å². The van der Waals surface area contributed by atoms with Crippen LogP contribution in [-0.2, 0) is 16.8 Å². The molecule has 0 bridgehead atoms. The van der Waals surface area contributed by atoms with E-state index in [1.165, 1.54) is 4.90 Å². The van der Waals surface area contributed by atoms with E-state index < -0.39 is 5.54 Å². The van der Waals surface area contributed by atoms with Gasteiger partial charge in [0.15, 0.2) is 5.54 Å².